The van der Waals surface area contributed by atoms with Gasteiger partial charge < -0.3 is 9.84 Å². The van der Waals surface area contributed by atoms with E-state index in [4.69, 9.17) is 9.84 Å². The minimum Gasteiger partial charge on any atom is -0.492 e. The monoisotopic (exact) mass is 207 g/mol. The minimum absolute atomic E-state index is 0.276. The van der Waals surface area contributed by atoms with Gasteiger partial charge in [-0.1, -0.05) is 6.07 Å². The van der Waals surface area contributed by atoms with Gasteiger partial charge in [-0.15, -0.1) is 0 Å². The molecule has 1 N–H and O–H groups in total. The predicted molar refractivity (Wildman–Crippen MR) is 55.2 cm³/mol. The molecule has 0 aliphatic carbocycles. The average Bonchev–Trinajstić information content (AvgIpc) is 2.37. The Morgan fingerprint density at radius 3 is 3.07 bits per heavy atom. The smallest absolute Gasteiger partial charge is 0.335 e. The molecule has 1 aliphatic rings. The molecule has 0 radical (unpaired) electrons. The van der Waals surface area contributed by atoms with Crippen molar-refractivity contribution in [3.05, 3.63) is 29.3 Å². The summed E-state index contributed by atoms with van der Waals surface area (Å²) in [6.45, 7) is 2.26. The molecule has 1 aromatic rings. The van der Waals surface area contributed by atoms with Gasteiger partial charge in [0.05, 0.1) is 5.56 Å². The number of aromatic carboxylic acids is 1. The molecular weight excluding hydrogens is 194 g/mol. The largest absolute Gasteiger partial charge is 0.492 e. The molecule has 4 heteroatoms. The number of carboxylic acid groups (broad SMARTS) is 1. The third-order valence-corrected chi connectivity index (χ3v) is 2.48. The number of hydrogen-bond donors (Lipinski definition) is 1. The van der Waals surface area contributed by atoms with Crippen molar-refractivity contribution in [2.75, 3.05) is 20.2 Å². The van der Waals surface area contributed by atoms with Gasteiger partial charge in [-0.05, 0) is 19.2 Å². The SMILES string of the molecule is CN1CCOc2cc(C(=O)O)ccc2C1. The summed E-state index contributed by atoms with van der Waals surface area (Å²) < 4.78 is 5.50. The number of rotatable bonds is 1. The van der Waals surface area contributed by atoms with Gasteiger partial charge in [0.1, 0.15) is 12.4 Å². The minimum atomic E-state index is -0.918. The van der Waals surface area contributed by atoms with Crippen molar-refractivity contribution in [2.24, 2.45) is 0 Å². The normalized spacial score (nSPS) is 16.3. The van der Waals surface area contributed by atoms with Crippen molar-refractivity contribution >= 4 is 5.97 Å². The summed E-state index contributed by atoms with van der Waals surface area (Å²) >= 11 is 0. The van der Waals surface area contributed by atoms with Crippen LogP contribution in [-0.4, -0.2) is 36.2 Å². The van der Waals surface area contributed by atoms with Crippen LogP contribution in [0.5, 0.6) is 5.75 Å². The maximum Gasteiger partial charge on any atom is 0.335 e. The molecule has 0 fully saturated rings. The Balaban J connectivity index is 2.35. The van der Waals surface area contributed by atoms with E-state index >= 15 is 0 Å². The van der Waals surface area contributed by atoms with Gasteiger partial charge in [0.2, 0.25) is 0 Å². The zero-order valence-electron chi connectivity index (χ0n) is 8.56. The molecule has 0 amide bonds. The maximum atomic E-state index is 10.8. The summed E-state index contributed by atoms with van der Waals surface area (Å²) in [4.78, 5) is 12.9. The summed E-state index contributed by atoms with van der Waals surface area (Å²) in [7, 11) is 2.02. The number of benzene rings is 1. The Morgan fingerprint density at radius 2 is 2.33 bits per heavy atom. The van der Waals surface area contributed by atoms with Gasteiger partial charge in [-0.25, -0.2) is 4.79 Å². The van der Waals surface area contributed by atoms with Crippen molar-refractivity contribution < 1.29 is 14.6 Å². The number of fused-ring (bicyclic) bond motifs is 1. The molecule has 0 saturated carbocycles. The van der Waals surface area contributed by atoms with Gasteiger partial charge >= 0.3 is 5.97 Å². The number of hydrogen-bond acceptors (Lipinski definition) is 3. The number of likely N-dealkylation sites (N-methyl/N-ethyl adjacent to an activating group) is 1. The predicted octanol–water partition coefficient (Wildman–Crippen LogP) is 1.21. The third-order valence-electron chi connectivity index (χ3n) is 2.48. The second-order valence-corrected chi connectivity index (χ2v) is 3.71. The number of carbonyl (C=O) groups is 1. The fourth-order valence-corrected chi connectivity index (χ4v) is 1.63. The fourth-order valence-electron chi connectivity index (χ4n) is 1.63. The summed E-state index contributed by atoms with van der Waals surface area (Å²) in [5.41, 5.74) is 1.32. The zero-order valence-corrected chi connectivity index (χ0v) is 8.56. The molecule has 1 heterocycles. The molecule has 0 aromatic heterocycles. The Hall–Kier alpha value is -1.55. The van der Waals surface area contributed by atoms with Crippen LogP contribution in [0, 0.1) is 0 Å². The van der Waals surface area contributed by atoms with E-state index in [1.54, 1.807) is 12.1 Å². The Kier molecular flexibility index (Phi) is 2.60. The standard InChI is InChI=1S/C11H13NO3/c1-12-4-5-15-10-6-8(11(13)14)2-3-9(10)7-12/h2-3,6H,4-5,7H2,1H3,(H,13,14). The average molecular weight is 207 g/mol. The van der Waals surface area contributed by atoms with Crippen LogP contribution >= 0.6 is 0 Å². The van der Waals surface area contributed by atoms with Gasteiger partial charge in [0, 0.05) is 18.7 Å². The van der Waals surface area contributed by atoms with Crippen LogP contribution in [0.2, 0.25) is 0 Å². The fraction of sp³-hybridized carbons (Fsp3) is 0.364. The Morgan fingerprint density at radius 1 is 1.53 bits per heavy atom. The van der Waals surface area contributed by atoms with E-state index in [0.29, 0.717) is 12.4 Å². The van der Waals surface area contributed by atoms with E-state index < -0.39 is 5.97 Å². The van der Waals surface area contributed by atoms with Crippen molar-refractivity contribution in [2.45, 2.75) is 6.54 Å². The van der Waals surface area contributed by atoms with E-state index in [2.05, 4.69) is 4.90 Å². The molecule has 80 valence electrons. The molecule has 0 atom stereocenters. The van der Waals surface area contributed by atoms with E-state index in [1.165, 1.54) is 0 Å². The van der Waals surface area contributed by atoms with Gasteiger partial charge in [0.15, 0.2) is 0 Å². The number of ether oxygens (including phenoxy) is 1. The second-order valence-electron chi connectivity index (χ2n) is 3.71. The van der Waals surface area contributed by atoms with Crippen LogP contribution in [0.25, 0.3) is 0 Å². The third kappa shape index (κ3) is 2.10. The quantitative estimate of drug-likeness (QED) is 0.752. The van der Waals surface area contributed by atoms with E-state index in [0.717, 1.165) is 18.7 Å². The molecular formula is C11H13NO3. The molecule has 0 spiro atoms. The first kappa shape index (κ1) is 9.98. The lowest BCUT2D eigenvalue weighted by Gasteiger charge is -2.11. The molecule has 1 aromatic carbocycles. The summed E-state index contributed by atoms with van der Waals surface area (Å²) in [6.07, 6.45) is 0. The van der Waals surface area contributed by atoms with Gasteiger partial charge in [-0.2, -0.15) is 0 Å². The van der Waals surface area contributed by atoms with Crippen molar-refractivity contribution in [3.8, 4) is 5.75 Å². The highest BCUT2D eigenvalue weighted by Gasteiger charge is 2.14. The summed E-state index contributed by atoms with van der Waals surface area (Å²) in [6, 6.07) is 5.03. The molecule has 2 rings (SSSR count). The first-order chi connectivity index (χ1) is 7.16. The van der Waals surface area contributed by atoms with E-state index in [9.17, 15) is 4.79 Å². The highest BCUT2D eigenvalue weighted by atomic mass is 16.5. The highest BCUT2D eigenvalue weighted by Crippen LogP contribution is 2.23. The Bertz CT molecular complexity index is 389. The molecule has 0 unspecified atom stereocenters. The molecule has 0 bridgehead atoms. The topological polar surface area (TPSA) is 49.8 Å². The summed E-state index contributed by atoms with van der Waals surface area (Å²) in [5, 5.41) is 8.84. The maximum absolute atomic E-state index is 10.8. The van der Waals surface area contributed by atoms with Crippen LogP contribution in [0.1, 0.15) is 15.9 Å². The molecule has 15 heavy (non-hydrogen) atoms. The summed E-state index contributed by atoms with van der Waals surface area (Å²) in [5.74, 6) is -0.224. The van der Waals surface area contributed by atoms with Gasteiger partial charge in [-0.3, -0.25) is 4.90 Å². The van der Waals surface area contributed by atoms with Crippen molar-refractivity contribution in [1.82, 2.24) is 4.90 Å². The van der Waals surface area contributed by atoms with Crippen LogP contribution in [0.15, 0.2) is 18.2 Å². The van der Waals surface area contributed by atoms with E-state index in [1.807, 2.05) is 13.1 Å². The van der Waals surface area contributed by atoms with Crippen molar-refractivity contribution in [3.63, 3.8) is 0 Å². The van der Waals surface area contributed by atoms with Crippen LogP contribution in [-0.2, 0) is 6.54 Å². The van der Waals surface area contributed by atoms with Crippen molar-refractivity contribution in [1.29, 1.82) is 0 Å². The highest BCUT2D eigenvalue weighted by molar-refractivity contribution is 5.88. The van der Waals surface area contributed by atoms with Crippen LogP contribution in [0.3, 0.4) is 0 Å². The lowest BCUT2D eigenvalue weighted by atomic mass is 10.1. The van der Waals surface area contributed by atoms with Crippen LogP contribution in [0.4, 0.5) is 0 Å². The lowest BCUT2D eigenvalue weighted by Crippen LogP contribution is -2.20. The van der Waals surface area contributed by atoms with Crippen LogP contribution < -0.4 is 4.74 Å². The lowest BCUT2D eigenvalue weighted by molar-refractivity contribution is 0.0696. The molecule has 0 saturated heterocycles. The van der Waals surface area contributed by atoms with E-state index in [-0.39, 0.29) is 5.56 Å². The zero-order chi connectivity index (χ0) is 10.8. The first-order valence-corrected chi connectivity index (χ1v) is 4.84. The first-order valence-electron chi connectivity index (χ1n) is 4.84. The Labute approximate surface area is 88.1 Å². The number of carboxylic acids is 1. The van der Waals surface area contributed by atoms with Gasteiger partial charge in [0.25, 0.3) is 0 Å². The second kappa shape index (κ2) is 3.90. The molecule has 4 nitrogen and oxygen atoms in total. The molecule has 1 aliphatic heterocycles. The number of nitrogens with zero attached hydrogens (tertiary/aromatic N) is 1.